The van der Waals surface area contributed by atoms with Gasteiger partial charge in [-0.1, -0.05) is 17.7 Å². The van der Waals surface area contributed by atoms with Crippen molar-refractivity contribution in [3.63, 3.8) is 0 Å². The number of benzene rings is 1. The van der Waals surface area contributed by atoms with E-state index in [-0.39, 0.29) is 37.7 Å². The van der Waals surface area contributed by atoms with E-state index in [4.69, 9.17) is 0 Å². The molecule has 0 spiro atoms. The minimum absolute atomic E-state index is 0. The van der Waals surface area contributed by atoms with Crippen LogP contribution in [-0.4, -0.2) is 0 Å². The van der Waals surface area contributed by atoms with Gasteiger partial charge in [-0.25, -0.2) is 0 Å². The normalized spacial score (nSPS) is 7.40. The Kier molecular flexibility index (Phi) is 8.80. The van der Waals surface area contributed by atoms with Crippen molar-refractivity contribution in [2.75, 3.05) is 0 Å². The van der Waals surface area contributed by atoms with E-state index >= 15 is 0 Å². The van der Waals surface area contributed by atoms with E-state index in [1.807, 2.05) is 18.2 Å². The summed E-state index contributed by atoms with van der Waals surface area (Å²) in [4.78, 5) is 0. The zero-order valence-corrected chi connectivity index (χ0v) is 7.65. The second-order valence-electron chi connectivity index (χ2n) is 1.84. The molecule has 0 saturated heterocycles. The van der Waals surface area contributed by atoms with Crippen molar-refractivity contribution in [1.29, 1.82) is 0 Å². The average Bonchev–Trinajstić information content (AvgIpc) is 1.64. The molecule has 0 fully saturated rings. The quantitative estimate of drug-likeness (QED) is 0.252. The van der Waals surface area contributed by atoms with Crippen molar-refractivity contribution in [2.45, 2.75) is 6.92 Å². The second-order valence-corrected chi connectivity index (χ2v) is 2.36. The van der Waals surface area contributed by atoms with Gasteiger partial charge in [0.2, 0.25) is 0 Å². The summed E-state index contributed by atoms with van der Waals surface area (Å²) in [6.45, 7) is 2.06. The minimum atomic E-state index is 0. The number of hydrogen-bond donors (Lipinski definition) is 0. The van der Waals surface area contributed by atoms with Gasteiger partial charge in [0, 0.05) is 0 Å². The van der Waals surface area contributed by atoms with E-state index in [0.717, 1.165) is 5.30 Å². The molecule has 0 atom stereocenters. The van der Waals surface area contributed by atoms with Crippen molar-refractivity contribution in [1.82, 2.24) is 0 Å². The largest absolute Gasteiger partial charge is 1.45 e. The molecule has 0 radical (unpaired) electrons. The van der Waals surface area contributed by atoms with Crippen LogP contribution in [0.4, 0.5) is 0 Å². The Morgan fingerprint density at radius 3 is 2.10 bits per heavy atom. The first-order valence-corrected chi connectivity index (χ1v) is 2.99. The Bertz CT molecular complexity index is 171. The standard InChI is InChI=1S/C7H7P.2Li/c1-6-3-2-4-7(8)5-6;;/h2-5H,1H3;;/q-2;2*+1. The van der Waals surface area contributed by atoms with Crippen LogP contribution >= 0.6 is 9.24 Å². The van der Waals surface area contributed by atoms with Crippen molar-refractivity contribution in [3.8, 4) is 0 Å². The predicted octanol–water partition coefficient (Wildman–Crippen LogP) is -3.96. The first kappa shape index (κ1) is 13.4. The van der Waals surface area contributed by atoms with Gasteiger partial charge in [0.25, 0.3) is 0 Å². The molecule has 0 unspecified atom stereocenters. The number of rotatable bonds is 0. The fourth-order valence-corrected chi connectivity index (χ4v) is 0.918. The van der Waals surface area contributed by atoms with E-state index in [2.05, 4.69) is 22.2 Å². The molecule has 0 bridgehead atoms. The topological polar surface area (TPSA) is 0 Å². The third-order valence-corrected chi connectivity index (χ3v) is 1.28. The van der Waals surface area contributed by atoms with Crippen LogP contribution in [0, 0.1) is 6.92 Å². The van der Waals surface area contributed by atoms with Gasteiger partial charge < -0.3 is 14.5 Å². The molecule has 0 saturated carbocycles. The Morgan fingerprint density at radius 2 is 1.80 bits per heavy atom. The summed E-state index contributed by atoms with van der Waals surface area (Å²) in [6.07, 6.45) is 0. The molecule has 0 nitrogen and oxygen atoms in total. The number of hydrogen-bond acceptors (Lipinski definition) is 0. The Morgan fingerprint density at radius 1 is 1.20 bits per heavy atom. The van der Waals surface area contributed by atoms with E-state index in [1.54, 1.807) is 0 Å². The van der Waals surface area contributed by atoms with Crippen LogP contribution in [0.1, 0.15) is 5.56 Å². The molecule has 0 amide bonds. The SMILES string of the molecule is Cc1cccc([P-2])c1.[Li+].[Li+]. The molecule has 10 heavy (non-hydrogen) atoms. The van der Waals surface area contributed by atoms with Gasteiger partial charge in [-0.2, -0.15) is 0 Å². The summed E-state index contributed by atoms with van der Waals surface area (Å²) in [5.74, 6) is 0. The maximum atomic E-state index is 4.15. The Hall–Kier alpha value is 0.845. The summed E-state index contributed by atoms with van der Waals surface area (Å²) in [5, 5.41) is 1.03. The molecular formula is C7H7Li2P. The molecule has 0 aromatic heterocycles. The van der Waals surface area contributed by atoms with Crippen molar-refractivity contribution in [3.05, 3.63) is 29.8 Å². The van der Waals surface area contributed by atoms with Crippen molar-refractivity contribution in [2.24, 2.45) is 0 Å². The Labute approximate surface area is 88.7 Å². The van der Waals surface area contributed by atoms with Crippen LogP contribution in [0.2, 0.25) is 0 Å². The van der Waals surface area contributed by atoms with Gasteiger partial charge in [0.05, 0.1) is 0 Å². The summed E-state index contributed by atoms with van der Waals surface area (Å²) >= 11 is 0. The van der Waals surface area contributed by atoms with Gasteiger partial charge in [-0.15, -0.1) is 12.1 Å². The van der Waals surface area contributed by atoms with Gasteiger partial charge in [0.1, 0.15) is 0 Å². The van der Waals surface area contributed by atoms with E-state index < -0.39 is 0 Å². The molecule has 3 heteroatoms. The molecule has 1 rings (SSSR count). The van der Waals surface area contributed by atoms with Gasteiger partial charge in [0.15, 0.2) is 0 Å². The molecule has 0 heterocycles. The summed E-state index contributed by atoms with van der Waals surface area (Å²) in [5.41, 5.74) is 1.26. The summed E-state index contributed by atoms with van der Waals surface area (Å²) < 4.78 is 0. The van der Waals surface area contributed by atoms with Gasteiger partial charge in [-0.3, -0.25) is 0 Å². The third kappa shape index (κ3) is 4.63. The smallest absolute Gasteiger partial charge is 1.00 e. The maximum Gasteiger partial charge on any atom is 1.00 e. The van der Waals surface area contributed by atoms with Crippen LogP contribution in [0.25, 0.3) is 0 Å². The molecule has 0 aliphatic heterocycles. The van der Waals surface area contributed by atoms with Crippen LogP contribution in [0.5, 0.6) is 0 Å². The molecule has 1 aromatic carbocycles. The fourth-order valence-electron chi connectivity index (χ4n) is 0.628. The van der Waals surface area contributed by atoms with Gasteiger partial charge >= 0.3 is 37.7 Å². The fraction of sp³-hybridized carbons (Fsp3) is 0.143. The van der Waals surface area contributed by atoms with Crippen LogP contribution < -0.4 is 43.0 Å². The molecule has 0 N–H and O–H groups in total. The minimum Gasteiger partial charge on any atom is -1.45 e. The van der Waals surface area contributed by atoms with Crippen LogP contribution in [0.3, 0.4) is 0 Å². The third-order valence-electron chi connectivity index (χ3n) is 1.00. The molecular weight excluding hydrogens is 129 g/mol. The predicted molar refractivity (Wildman–Crippen MR) is 37.7 cm³/mol. The zero-order valence-electron chi connectivity index (χ0n) is 6.76. The molecule has 42 valence electrons. The maximum absolute atomic E-state index is 4.15. The molecule has 1 aromatic rings. The van der Waals surface area contributed by atoms with Crippen LogP contribution in [-0.2, 0) is 0 Å². The summed E-state index contributed by atoms with van der Waals surface area (Å²) in [7, 11) is 4.15. The average molecular weight is 136 g/mol. The summed E-state index contributed by atoms with van der Waals surface area (Å²) in [6, 6.07) is 8.05. The van der Waals surface area contributed by atoms with Gasteiger partial charge in [-0.05, 0) is 6.92 Å². The van der Waals surface area contributed by atoms with E-state index in [9.17, 15) is 0 Å². The first-order chi connectivity index (χ1) is 3.79. The van der Waals surface area contributed by atoms with E-state index in [0.29, 0.717) is 0 Å². The second kappa shape index (κ2) is 6.55. The molecule has 0 aliphatic carbocycles. The van der Waals surface area contributed by atoms with Crippen molar-refractivity contribution >= 4 is 14.5 Å². The monoisotopic (exact) mass is 136 g/mol. The van der Waals surface area contributed by atoms with Crippen LogP contribution in [0.15, 0.2) is 24.3 Å². The first-order valence-electron chi connectivity index (χ1n) is 2.54. The van der Waals surface area contributed by atoms with E-state index in [1.165, 1.54) is 5.56 Å². The zero-order chi connectivity index (χ0) is 5.98. The number of aryl methyl sites for hydroxylation is 1. The molecule has 0 aliphatic rings. The van der Waals surface area contributed by atoms with Crippen molar-refractivity contribution < 1.29 is 37.7 Å². The Balaban J connectivity index is 0.